The first-order valence-corrected chi connectivity index (χ1v) is 8.14. The SMILES string of the molecule is CCCCCCCCC[C@@H](OCOC)[C@H](CO)NC(C)=O. The van der Waals surface area contributed by atoms with Crippen molar-refractivity contribution in [3.63, 3.8) is 0 Å². The Hall–Kier alpha value is -0.650. The van der Waals surface area contributed by atoms with E-state index in [0.29, 0.717) is 0 Å². The van der Waals surface area contributed by atoms with Crippen LogP contribution < -0.4 is 5.32 Å². The first-order valence-electron chi connectivity index (χ1n) is 8.14. The van der Waals surface area contributed by atoms with Gasteiger partial charge in [0.05, 0.1) is 18.8 Å². The molecule has 0 saturated carbocycles. The Kier molecular flexibility index (Phi) is 13.9. The minimum absolute atomic E-state index is 0.121. The summed E-state index contributed by atoms with van der Waals surface area (Å²) in [7, 11) is 1.57. The second-order valence-corrected chi connectivity index (χ2v) is 5.51. The molecule has 0 heterocycles. The van der Waals surface area contributed by atoms with Crippen molar-refractivity contribution in [2.75, 3.05) is 20.5 Å². The van der Waals surface area contributed by atoms with Crippen LogP contribution in [-0.2, 0) is 14.3 Å². The molecular formula is C16H33NO4. The summed E-state index contributed by atoms with van der Waals surface area (Å²) < 4.78 is 10.5. The number of aliphatic hydroxyl groups is 1. The summed E-state index contributed by atoms with van der Waals surface area (Å²) in [4.78, 5) is 11.2. The second kappa shape index (κ2) is 14.3. The molecule has 5 nitrogen and oxygen atoms in total. The normalized spacial score (nSPS) is 13.9. The largest absolute Gasteiger partial charge is 0.394 e. The highest BCUT2D eigenvalue weighted by Crippen LogP contribution is 2.13. The summed E-state index contributed by atoms with van der Waals surface area (Å²) >= 11 is 0. The zero-order valence-electron chi connectivity index (χ0n) is 13.9. The van der Waals surface area contributed by atoms with Gasteiger partial charge in [0, 0.05) is 14.0 Å². The average molecular weight is 303 g/mol. The van der Waals surface area contributed by atoms with Crippen molar-refractivity contribution in [1.82, 2.24) is 5.32 Å². The smallest absolute Gasteiger partial charge is 0.217 e. The van der Waals surface area contributed by atoms with Gasteiger partial charge < -0.3 is 19.9 Å². The molecule has 0 aromatic rings. The Morgan fingerprint density at radius 1 is 1.14 bits per heavy atom. The number of nitrogens with one attached hydrogen (secondary N) is 1. The molecule has 0 aliphatic heterocycles. The van der Waals surface area contributed by atoms with Crippen LogP contribution in [0, 0.1) is 0 Å². The molecule has 5 heteroatoms. The van der Waals surface area contributed by atoms with Gasteiger partial charge in [-0.15, -0.1) is 0 Å². The monoisotopic (exact) mass is 303 g/mol. The summed E-state index contributed by atoms with van der Waals surface area (Å²) in [6.45, 7) is 3.72. The molecular weight excluding hydrogens is 270 g/mol. The first-order chi connectivity index (χ1) is 10.2. The molecule has 0 aliphatic rings. The van der Waals surface area contributed by atoms with Gasteiger partial charge in [0.1, 0.15) is 6.79 Å². The molecule has 0 radical (unpaired) electrons. The van der Waals surface area contributed by atoms with Crippen LogP contribution in [0.5, 0.6) is 0 Å². The summed E-state index contributed by atoms with van der Waals surface area (Å²) in [6, 6.07) is -0.363. The maximum Gasteiger partial charge on any atom is 0.217 e. The number of hydrogen-bond donors (Lipinski definition) is 2. The topological polar surface area (TPSA) is 67.8 Å². The lowest BCUT2D eigenvalue weighted by atomic mass is 10.0. The lowest BCUT2D eigenvalue weighted by Crippen LogP contribution is -2.46. The minimum atomic E-state index is -0.363. The van der Waals surface area contributed by atoms with Crippen LogP contribution in [0.25, 0.3) is 0 Å². The maximum atomic E-state index is 11.2. The number of hydrogen-bond acceptors (Lipinski definition) is 4. The van der Waals surface area contributed by atoms with E-state index in [-0.39, 0.29) is 31.5 Å². The summed E-state index contributed by atoms with van der Waals surface area (Å²) in [5, 5.41) is 12.1. The van der Waals surface area contributed by atoms with Gasteiger partial charge in [0.2, 0.25) is 5.91 Å². The fourth-order valence-electron chi connectivity index (χ4n) is 2.38. The number of rotatable bonds is 14. The van der Waals surface area contributed by atoms with E-state index in [0.717, 1.165) is 19.3 Å². The van der Waals surface area contributed by atoms with Crippen LogP contribution in [0.15, 0.2) is 0 Å². The lowest BCUT2D eigenvalue weighted by Gasteiger charge is -2.26. The number of ether oxygens (including phenoxy) is 2. The molecule has 2 N–H and O–H groups in total. The summed E-state index contributed by atoms with van der Waals surface area (Å²) in [5.41, 5.74) is 0. The number of amides is 1. The van der Waals surface area contributed by atoms with Crippen LogP contribution >= 0.6 is 0 Å². The van der Waals surface area contributed by atoms with Crippen molar-refractivity contribution < 1.29 is 19.4 Å². The van der Waals surface area contributed by atoms with Crippen molar-refractivity contribution in [3.8, 4) is 0 Å². The van der Waals surface area contributed by atoms with E-state index in [4.69, 9.17) is 9.47 Å². The van der Waals surface area contributed by atoms with E-state index in [1.807, 2.05) is 0 Å². The predicted molar refractivity (Wildman–Crippen MR) is 84.0 cm³/mol. The van der Waals surface area contributed by atoms with Gasteiger partial charge in [-0.3, -0.25) is 4.79 Å². The molecule has 0 unspecified atom stereocenters. The average Bonchev–Trinajstić information content (AvgIpc) is 2.47. The summed E-state index contributed by atoms with van der Waals surface area (Å²) in [6.07, 6.45) is 9.23. The van der Waals surface area contributed by atoms with E-state index in [2.05, 4.69) is 12.2 Å². The molecule has 0 aromatic heterocycles. The summed E-state index contributed by atoms with van der Waals surface area (Å²) in [5.74, 6) is -0.153. The molecule has 0 fully saturated rings. The highest BCUT2D eigenvalue weighted by atomic mass is 16.7. The number of unbranched alkanes of at least 4 members (excludes halogenated alkanes) is 6. The van der Waals surface area contributed by atoms with Crippen molar-refractivity contribution >= 4 is 5.91 Å². The van der Waals surface area contributed by atoms with E-state index >= 15 is 0 Å². The minimum Gasteiger partial charge on any atom is -0.394 e. The predicted octanol–water partition coefficient (Wildman–Crippen LogP) is 2.61. The van der Waals surface area contributed by atoms with Gasteiger partial charge in [-0.05, 0) is 6.42 Å². The molecule has 126 valence electrons. The van der Waals surface area contributed by atoms with Gasteiger partial charge in [0.25, 0.3) is 0 Å². The van der Waals surface area contributed by atoms with Gasteiger partial charge in [-0.25, -0.2) is 0 Å². The van der Waals surface area contributed by atoms with Gasteiger partial charge in [0.15, 0.2) is 0 Å². The van der Waals surface area contributed by atoms with Crippen LogP contribution in [0.2, 0.25) is 0 Å². The van der Waals surface area contributed by atoms with Gasteiger partial charge >= 0.3 is 0 Å². The lowest BCUT2D eigenvalue weighted by molar-refractivity contribution is -0.125. The van der Waals surface area contributed by atoms with E-state index in [1.54, 1.807) is 7.11 Å². The molecule has 0 aliphatic carbocycles. The first kappa shape index (κ1) is 20.3. The molecule has 0 saturated heterocycles. The number of carbonyl (C=O) groups excluding carboxylic acids is 1. The van der Waals surface area contributed by atoms with Crippen LogP contribution in [0.1, 0.15) is 65.2 Å². The highest BCUT2D eigenvalue weighted by molar-refractivity contribution is 5.73. The number of methoxy groups -OCH3 is 1. The Morgan fingerprint density at radius 3 is 2.29 bits per heavy atom. The van der Waals surface area contributed by atoms with Crippen molar-refractivity contribution in [1.29, 1.82) is 0 Å². The fourth-order valence-corrected chi connectivity index (χ4v) is 2.38. The van der Waals surface area contributed by atoms with Crippen molar-refractivity contribution in [2.45, 2.75) is 77.4 Å². The van der Waals surface area contributed by atoms with Crippen molar-refractivity contribution in [2.24, 2.45) is 0 Å². The van der Waals surface area contributed by atoms with Crippen LogP contribution in [-0.4, -0.2) is 43.7 Å². The Bertz CT molecular complexity index is 248. The van der Waals surface area contributed by atoms with Crippen molar-refractivity contribution in [3.05, 3.63) is 0 Å². The van der Waals surface area contributed by atoms with Gasteiger partial charge in [-0.2, -0.15) is 0 Å². The fraction of sp³-hybridized carbons (Fsp3) is 0.938. The maximum absolute atomic E-state index is 11.2. The third-order valence-electron chi connectivity index (χ3n) is 3.53. The van der Waals surface area contributed by atoms with E-state index in [1.165, 1.54) is 39.0 Å². The Balaban J connectivity index is 4.01. The standard InChI is InChI=1S/C16H33NO4/c1-4-5-6-7-8-9-10-11-16(21-13-20-3)15(12-18)17-14(2)19/h15-16,18H,4-13H2,1-3H3,(H,17,19)/t15-,16+/m0/s1. The molecule has 0 bridgehead atoms. The van der Waals surface area contributed by atoms with E-state index in [9.17, 15) is 9.90 Å². The quantitative estimate of drug-likeness (QED) is 0.382. The van der Waals surface area contributed by atoms with Crippen LogP contribution in [0.4, 0.5) is 0 Å². The molecule has 0 aromatic carbocycles. The third kappa shape index (κ3) is 11.7. The molecule has 1 amide bonds. The Labute approximate surface area is 129 Å². The molecule has 2 atom stereocenters. The number of carbonyl (C=O) groups is 1. The highest BCUT2D eigenvalue weighted by Gasteiger charge is 2.22. The molecule has 0 rings (SSSR count). The zero-order valence-corrected chi connectivity index (χ0v) is 13.9. The molecule has 21 heavy (non-hydrogen) atoms. The van der Waals surface area contributed by atoms with Gasteiger partial charge in [-0.1, -0.05) is 51.9 Å². The Morgan fingerprint density at radius 2 is 1.76 bits per heavy atom. The van der Waals surface area contributed by atoms with E-state index < -0.39 is 0 Å². The number of aliphatic hydroxyl groups excluding tert-OH is 1. The second-order valence-electron chi connectivity index (χ2n) is 5.51. The third-order valence-corrected chi connectivity index (χ3v) is 3.53. The zero-order chi connectivity index (χ0) is 15.9. The molecule has 0 spiro atoms. The van der Waals surface area contributed by atoms with Crippen LogP contribution in [0.3, 0.4) is 0 Å².